The molecule has 0 bridgehead atoms. The van der Waals surface area contributed by atoms with E-state index in [2.05, 4.69) is 37.2 Å². The molecule has 2 aromatic rings. The Morgan fingerprint density at radius 1 is 1.06 bits per heavy atom. The molecule has 0 aromatic heterocycles. The molecule has 2 aromatic carbocycles. The summed E-state index contributed by atoms with van der Waals surface area (Å²) in [5.41, 5.74) is 7.60. The standard InChI is InChI=1S/C13H10Br2N2O/c14-9-6-10(15)12(7-11(9)16)17-13(18)8-4-2-1-3-5-8/h1-7H,16H2,(H,17,18). The molecule has 0 aliphatic carbocycles. The van der Waals surface area contributed by atoms with E-state index in [1.165, 1.54) is 0 Å². The molecular weight excluding hydrogens is 360 g/mol. The van der Waals surface area contributed by atoms with Crippen LogP contribution in [0.4, 0.5) is 11.4 Å². The maximum atomic E-state index is 12.0. The fourth-order valence-corrected chi connectivity index (χ4v) is 2.54. The van der Waals surface area contributed by atoms with Gasteiger partial charge in [-0.2, -0.15) is 0 Å². The number of hydrogen-bond acceptors (Lipinski definition) is 2. The van der Waals surface area contributed by atoms with Crippen LogP contribution in [0.5, 0.6) is 0 Å². The van der Waals surface area contributed by atoms with E-state index in [4.69, 9.17) is 5.73 Å². The smallest absolute Gasteiger partial charge is 0.255 e. The highest BCUT2D eigenvalue weighted by atomic mass is 79.9. The van der Waals surface area contributed by atoms with E-state index in [-0.39, 0.29) is 5.91 Å². The van der Waals surface area contributed by atoms with Gasteiger partial charge < -0.3 is 11.1 Å². The van der Waals surface area contributed by atoms with E-state index in [9.17, 15) is 4.79 Å². The minimum absolute atomic E-state index is 0.168. The monoisotopic (exact) mass is 368 g/mol. The third-order valence-corrected chi connectivity index (χ3v) is 3.71. The number of anilines is 2. The second kappa shape index (κ2) is 5.54. The number of nitrogens with one attached hydrogen (secondary N) is 1. The molecule has 1 amide bonds. The predicted molar refractivity (Wildman–Crippen MR) is 80.6 cm³/mol. The summed E-state index contributed by atoms with van der Waals surface area (Å²) in [5, 5.41) is 2.81. The lowest BCUT2D eigenvalue weighted by Gasteiger charge is -2.09. The fraction of sp³-hybridized carbons (Fsp3) is 0. The van der Waals surface area contributed by atoms with Crippen LogP contribution in [-0.4, -0.2) is 5.91 Å². The van der Waals surface area contributed by atoms with Crippen molar-refractivity contribution in [3.8, 4) is 0 Å². The normalized spacial score (nSPS) is 10.1. The van der Waals surface area contributed by atoms with Crippen molar-refractivity contribution < 1.29 is 4.79 Å². The summed E-state index contributed by atoms with van der Waals surface area (Å²) < 4.78 is 1.56. The van der Waals surface area contributed by atoms with Gasteiger partial charge in [-0.05, 0) is 56.1 Å². The molecule has 0 fully saturated rings. The van der Waals surface area contributed by atoms with Crippen molar-refractivity contribution in [2.75, 3.05) is 11.1 Å². The molecule has 5 heteroatoms. The molecule has 92 valence electrons. The maximum Gasteiger partial charge on any atom is 0.255 e. The van der Waals surface area contributed by atoms with Gasteiger partial charge in [0.2, 0.25) is 0 Å². The number of benzene rings is 2. The number of halogens is 2. The Hall–Kier alpha value is -1.33. The topological polar surface area (TPSA) is 55.1 Å². The average Bonchev–Trinajstić information content (AvgIpc) is 2.37. The highest BCUT2D eigenvalue weighted by Crippen LogP contribution is 2.31. The Kier molecular flexibility index (Phi) is 4.04. The van der Waals surface area contributed by atoms with Crippen molar-refractivity contribution in [3.05, 3.63) is 57.0 Å². The molecule has 3 nitrogen and oxygen atoms in total. The van der Waals surface area contributed by atoms with Crippen LogP contribution in [0.3, 0.4) is 0 Å². The summed E-state index contributed by atoms with van der Waals surface area (Å²) >= 11 is 6.71. The van der Waals surface area contributed by atoms with Gasteiger partial charge in [-0.15, -0.1) is 0 Å². The molecule has 0 aliphatic heterocycles. The van der Waals surface area contributed by atoms with Crippen molar-refractivity contribution in [2.45, 2.75) is 0 Å². The summed E-state index contributed by atoms with van der Waals surface area (Å²) in [5.74, 6) is -0.168. The van der Waals surface area contributed by atoms with E-state index in [1.54, 1.807) is 24.3 Å². The van der Waals surface area contributed by atoms with E-state index < -0.39 is 0 Å². The second-order valence-corrected chi connectivity index (χ2v) is 5.38. The van der Waals surface area contributed by atoms with Gasteiger partial charge in [-0.25, -0.2) is 0 Å². The van der Waals surface area contributed by atoms with Crippen molar-refractivity contribution in [2.24, 2.45) is 0 Å². The van der Waals surface area contributed by atoms with E-state index >= 15 is 0 Å². The maximum absolute atomic E-state index is 12.0. The van der Waals surface area contributed by atoms with Crippen molar-refractivity contribution in [1.82, 2.24) is 0 Å². The molecule has 0 saturated carbocycles. The van der Waals surface area contributed by atoms with Crippen LogP contribution in [0.15, 0.2) is 51.4 Å². The largest absolute Gasteiger partial charge is 0.398 e. The third-order valence-electron chi connectivity index (χ3n) is 2.37. The minimum Gasteiger partial charge on any atom is -0.398 e. The molecule has 2 rings (SSSR count). The van der Waals surface area contributed by atoms with Gasteiger partial charge in [0, 0.05) is 20.2 Å². The molecule has 0 saturated heterocycles. The van der Waals surface area contributed by atoms with E-state index in [1.807, 2.05) is 18.2 Å². The molecule has 0 radical (unpaired) electrons. The number of rotatable bonds is 2. The Labute approximate surface area is 122 Å². The van der Waals surface area contributed by atoms with Gasteiger partial charge in [-0.3, -0.25) is 4.79 Å². The van der Waals surface area contributed by atoms with Crippen LogP contribution in [0.2, 0.25) is 0 Å². The first-order valence-electron chi connectivity index (χ1n) is 5.19. The van der Waals surface area contributed by atoms with Crippen molar-refractivity contribution in [1.29, 1.82) is 0 Å². The van der Waals surface area contributed by atoms with Gasteiger partial charge in [0.1, 0.15) is 0 Å². The van der Waals surface area contributed by atoms with Gasteiger partial charge >= 0.3 is 0 Å². The Bertz CT molecular complexity index is 585. The predicted octanol–water partition coefficient (Wildman–Crippen LogP) is 4.05. The molecule has 0 unspecified atom stereocenters. The zero-order chi connectivity index (χ0) is 13.1. The fourth-order valence-electron chi connectivity index (χ4n) is 1.45. The van der Waals surface area contributed by atoms with Crippen LogP contribution in [0.25, 0.3) is 0 Å². The number of amides is 1. The first-order chi connectivity index (χ1) is 8.58. The number of carbonyl (C=O) groups excluding carboxylic acids is 1. The first kappa shape index (κ1) is 13.1. The molecule has 0 aliphatic rings. The molecule has 0 heterocycles. The molecular formula is C13H10Br2N2O. The van der Waals surface area contributed by atoms with Gasteiger partial charge in [0.15, 0.2) is 0 Å². The zero-order valence-corrected chi connectivity index (χ0v) is 12.5. The quantitative estimate of drug-likeness (QED) is 0.784. The van der Waals surface area contributed by atoms with Gasteiger partial charge in [0.05, 0.1) is 5.69 Å². The second-order valence-electron chi connectivity index (χ2n) is 3.67. The minimum atomic E-state index is -0.168. The Morgan fingerprint density at radius 3 is 2.39 bits per heavy atom. The highest BCUT2D eigenvalue weighted by molar-refractivity contribution is 9.11. The van der Waals surface area contributed by atoms with Gasteiger partial charge in [-0.1, -0.05) is 18.2 Å². The lowest BCUT2D eigenvalue weighted by molar-refractivity contribution is 0.102. The molecule has 18 heavy (non-hydrogen) atoms. The average molecular weight is 370 g/mol. The molecule has 0 atom stereocenters. The van der Waals surface area contributed by atoms with Crippen LogP contribution in [0, 0.1) is 0 Å². The van der Waals surface area contributed by atoms with Crippen molar-refractivity contribution in [3.63, 3.8) is 0 Å². The number of nitrogens with two attached hydrogens (primary N) is 1. The summed E-state index contributed by atoms with van der Waals surface area (Å²) in [6.45, 7) is 0. The van der Waals surface area contributed by atoms with Crippen LogP contribution in [-0.2, 0) is 0 Å². The lowest BCUT2D eigenvalue weighted by Crippen LogP contribution is -2.12. The van der Waals surface area contributed by atoms with Crippen LogP contribution < -0.4 is 11.1 Å². The SMILES string of the molecule is Nc1cc(NC(=O)c2ccccc2)c(Br)cc1Br. The Morgan fingerprint density at radius 2 is 1.72 bits per heavy atom. The van der Waals surface area contributed by atoms with Crippen LogP contribution in [0.1, 0.15) is 10.4 Å². The first-order valence-corrected chi connectivity index (χ1v) is 6.77. The van der Waals surface area contributed by atoms with E-state index in [0.29, 0.717) is 16.9 Å². The van der Waals surface area contributed by atoms with Crippen LogP contribution >= 0.6 is 31.9 Å². The number of carbonyl (C=O) groups is 1. The van der Waals surface area contributed by atoms with Gasteiger partial charge in [0.25, 0.3) is 5.91 Å². The molecule has 3 N–H and O–H groups in total. The van der Waals surface area contributed by atoms with Crippen molar-refractivity contribution >= 4 is 49.1 Å². The molecule has 0 spiro atoms. The summed E-state index contributed by atoms with van der Waals surface area (Å²) in [7, 11) is 0. The lowest BCUT2D eigenvalue weighted by atomic mass is 10.2. The summed E-state index contributed by atoms with van der Waals surface area (Å²) in [6, 6.07) is 12.5. The number of nitrogen functional groups attached to an aromatic ring is 1. The Balaban J connectivity index is 2.25. The highest BCUT2D eigenvalue weighted by Gasteiger charge is 2.09. The third kappa shape index (κ3) is 2.91. The number of hydrogen-bond donors (Lipinski definition) is 2. The summed E-state index contributed by atoms with van der Waals surface area (Å²) in [6.07, 6.45) is 0. The zero-order valence-electron chi connectivity index (χ0n) is 9.28. The summed E-state index contributed by atoms with van der Waals surface area (Å²) in [4.78, 5) is 12.0. The van der Waals surface area contributed by atoms with E-state index in [0.717, 1.165) is 8.95 Å².